The molecule has 0 aliphatic carbocycles. The molecule has 1 heterocycles. The van der Waals surface area contributed by atoms with Gasteiger partial charge in [-0.1, -0.05) is 54.6 Å². The van der Waals surface area contributed by atoms with E-state index in [9.17, 15) is 4.79 Å². The maximum absolute atomic E-state index is 11.3. The molecule has 0 saturated carbocycles. The highest BCUT2D eigenvalue weighted by Gasteiger charge is 2.11. The highest BCUT2D eigenvalue weighted by molar-refractivity contribution is 7.09. The van der Waals surface area contributed by atoms with Gasteiger partial charge in [0, 0.05) is 11.5 Å². The molecule has 0 saturated heterocycles. The van der Waals surface area contributed by atoms with Gasteiger partial charge in [0.25, 0.3) is 0 Å². The van der Waals surface area contributed by atoms with Crippen molar-refractivity contribution in [1.82, 2.24) is 4.98 Å². The number of thiazole rings is 1. The lowest BCUT2D eigenvalue weighted by Crippen LogP contribution is -2.13. The van der Waals surface area contributed by atoms with Gasteiger partial charge in [-0.05, 0) is 49.7 Å². The Kier molecular flexibility index (Phi) is 15.0. The van der Waals surface area contributed by atoms with Crippen molar-refractivity contribution in [2.24, 2.45) is 11.5 Å². The molecule has 3 rings (SSSR count). The second-order valence-electron chi connectivity index (χ2n) is 6.81. The van der Waals surface area contributed by atoms with Gasteiger partial charge in [0.05, 0.1) is 18.3 Å². The third kappa shape index (κ3) is 11.4. The van der Waals surface area contributed by atoms with E-state index in [-0.39, 0.29) is 12.0 Å². The van der Waals surface area contributed by atoms with E-state index in [1.165, 1.54) is 24.5 Å². The summed E-state index contributed by atoms with van der Waals surface area (Å²) in [7, 11) is 1.50. The van der Waals surface area contributed by atoms with E-state index in [4.69, 9.17) is 20.0 Å². The van der Waals surface area contributed by atoms with E-state index >= 15 is 0 Å². The smallest absolute Gasteiger partial charge is 0.330 e. The quantitative estimate of drug-likeness (QED) is 0.242. The Hall–Kier alpha value is -3.59. The number of allylic oxidation sites excluding steroid dienone is 2. The molecule has 0 aliphatic heterocycles. The Morgan fingerprint density at radius 3 is 2.40 bits per heavy atom. The fraction of sp³-hybridized carbons (Fsp3) is 0.222. The van der Waals surface area contributed by atoms with Crippen LogP contribution in [0.5, 0.6) is 5.75 Å². The van der Waals surface area contributed by atoms with Crippen molar-refractivity contribution in [1.29, 1.82) is 0 Å². The van der Waals surface area contributed by atoms with E-state index in [0.29, 0.717) is 19.6 Å². The van der Waals surface area contributed by atoms with Crippen LogP contribution in [0.15, 0.2) is 78.2 Å². The average Bonchev–Trinajstić information content (AvgIpc) is 3.39. The molecule has 0 amide bonds. The first-order valence-corrected chi connectivity index (χ1v) is 11.9. The zero-order valence-electron chi connectivity index (χ0n) is 20.1. The van der Waals surface area contributed by atoms with Crippen LogP contribution in [0.1, 0.15) is 34.8 Å². The van der Waals surface area contributed by atoms with Crippen molar-refractivity contribution in [2.45, 2.75) is 26.0 Å². The van der Waals surface area contributed by atoms with Crippen LogP contribution in [-0.4, -0.2) is 31.4 Å². The first kappa shape index (κ1) is 29.4. The number of nitrogens with zero attached hydrogens (tertiary/aromatic N) is 1. The molecule has 1 aromatic heterocycles. The van der Waals surface area contributed by atoms with Crippen molar-refractivity contribution in [2.75, 3.05) is 13.7 Å². The van der Waals surface area contributed by atoms with Gasteiger partial charge >= 0.3 is 5.97 Å². The third-order valence-corrected chi connectivity index (χ3v) is 5.38. The Bertz CT molecular complexity index is 1030. The lowest BCUT2D eigenvalue weighted by molar-refractivity contribution is -0.137. The Balaban J connectivity index is 0.00000145. The third-order valence-electron chi connectivity index (χ3n) is 4.38. The average molecular weight is 496 g/mol. The molecule has 3 aromatic rings. The molecule has 0 bridgehead atoms. The summed E-state index contributed by atoms with van der Waals surface area (Å²) in [4.78, 5) is 23.8. The number of hydrogen-bond donors (Lipinski definition) is 2. The summed E-state index contributed by atoms with van der Waals surface area (Å²) in [5, 5.41) is 2.82. The van der Waals surface area contributed by atoms with Gasteiger partial charge in [-0.25, -0.2) is 9.78 Å². The molecule has 0 aliphatic rings. The molecular weight excluding hydrogens is 462 g/mol. The summed E-state index contributed by atoms with van der Waals surface area (Å²) >= 11 is 1.53. The molecule has 7 nitrogen and oxygen atoms in total. The molecule has 2 aromatic carbocycles. The fourth-order valence-corrected chi connectivity index (χ4v) is 3.62. The number of aromatic nitrogens is 1. The number of benzene rings is 2. The molecule has 1 atom stereocenters. The van der Waals surface area contributed by atoms with Gasteiger partial charge in [0.2, 0.25) is 0 Å². The molecule has 8 heteroatoms. The normalized spacial score (nSPS) is 11.2. The van der Waals surface area contributed by atoms with Crippen LogP contribution in [0.2, 0.25) is 0 Å². The number of ether oxygens (including phenoxy) is 2. The summed E-state index contributed by atoms with van der Waals surface area (Å²) < 4.78 is 10.7. The molecule has 0 spiro atoms. The predicted molar refractivity (Wildman–Crippen MR) is 142 cm³/mol. The topological polar surface area (TPSA) is 118 Å². The second-order valence-corrected chi connectivity index (χ2v) is 7.70. The number of hydrogen-bond acceptors (Lipinski definition) is 8. The molecule has 0 radical (unpaired) electrons. The van der Waals surface area contributed by atoms with Crippen LogP contribution in [-0.2, 0) is 27.4 Å². The van der Waals surface area contributed by atoms with E-state index in [2.05, 4.69) is 10.7 Å². The van der Waals surface area contributed by atoms with Crippen molar-refractivity contribution >= 4 is 30.2 Å². The number of nitrogens with two attached hydrogens (primary N) is 2. The number of esters is 1. The SMILES string of the molecule is C=O.CCOC(=O)/C=C\C=C\c1csc(C(N)Cc2ccc(OCc3ccccc3)cc2)n1.CN. The predicted octanol–water partition coefficient (Wildman–Crippen LogP) is 4.49. The summed E-state index contributed by atoms with van der Waals surface area (Å²) in [5.41, 5.74) is 13.9. The van der Waals surface area contributed by atoms with Crippen LogP contribution in [0.4, 0.5) is 0 Å². The van der Waals surface area contributed by atoms with Crippen molar-refractivity contribution < 1.29 is 19.1 Å². The van der Waals surface area contributed by atoms with Crippen LogP contribution >= 0.6 is 11.3 Å². The van der Waals surface area contributed by atoms with Crippen LogP contribution < -0.4 is 16.2 Å². The maximum atomic E-state index is 11.3. The minimum absolute atomic E-state index is 0.182. The minimum Gasteiger partial charge on any atom is -0.489 e. The van der Waals surface area contributed by atoms with Crippen LogP contribution in [0, 0.1) is 0 Å². The first-order chi connectivity index (χ1) is 17.1. The number of rotatable bonds is 10. The minimum atomic E-state index is -0.357. The van der Waals surface area contributed by atoms with Gasteiger partial charge in [-0.15, -0.1) is 11.3 Å². The monoisotopic (exact) mass is 495 g/mol. The van der Waals surface area contributed by atoms with Crippen molar-refractivity contribution in [3.05, 3.63) is 100 Å². The van der Waals surface area contributed by atoms with E-state index in [1.54, 1.807) is 19.1 Å². The van der Waals surface area contributed by atoms with E-state index in [1.807, 2.05) is 72.8 Å². The van der Waals surface area contributed by atoms with Crippen LogP contribution in [0.3, 0.4) is 0 Å². The van der Waals surface area contributed by atoms with Gasteiger partial charge in [-0.2, -0.15) is 0 Å². The standard InChI is InChI=1S/C25H26N2O3S.CH5N.CH2O/c1-2-29-24(28)11-7-6-10-21-18-31-25(27-21)23(26)16-19-12-14-22(15-13-19)30-17-20-8-4-3-5-9-20;2*1-2/h3-15,18,23H,2,16-17,26H2,1H3;2H2,1H3;1H2/b10-6+,11-7-;;. The van der Waals surface area contributed by atoms with Crippen LogP contribution in [0.25, 0.3) is 6.08 Å². The lowest BCUT2D eigenvalue weighted by Gasteiger charge is -2.10. The van der Waals surface area contributed by atoms with Gasteiger partial charge in [-0.3, -0.25) is 0 Å². The van der Waals surface area contributed by atoms with Gasteiger partial charge in [0.15, 0.2) is 0 Å². The van der Waals surface area contributed by atoms with Crippen molar-refractivity contribution in [3.63, 3.8) is 0 Å². The van der Waals surface area contributed by atoms with Gasteiger partial charge < -0.3 is 25.7 Å². The highest BCUT2D eigenvalue weighted by Crippen LogP contribution is 2.22. The molecule has 35 heavy (non-hydrogen) atoms. The fourth-order valence-electron chi connectivity index (χ4n) is 2.83. The Morgan fingerprint density at radius 1 is 1.06 bits per heavy atom. The molecule has 186 valence electrons. The lowest BCUT2D eigenvalue weighted by atomic mass is 10.1. The molecule has 4 N–H and O–H groups in total. The molecule has 0 fully saturated rings. The molecular formula is C27H33N3O4S. The number of carbonyl (C=O) groups excluding carboxylic acids is 2. The summed E-state index contributed by atoms with van der Waals surface area (Å²) in [6.07, 6.45) is 7.31. The second kappa shape index (κ2) is 17.8. The summed E-state index contributed by atoms with van der Waals surface area (Å²) in [6.45, 7) is 4.68. The summed E-state index contributed by atoms with van der Waals surface area (Å²) in [6, 6.07) is 17.9. The Labute approximate surface area is 211 Å². The van der Waals surface area contributed by atoms with E-state index < -0.39 is 0 Å². The zero-order valence-corrected chi connectivity index (χ0v) is 20.9. The summed E-state index contributed by atoms with van der Waals surface area (Å²) in [5.74, 6) is 0.475. The first-order valence-electron chi connectivity index (χ1n) is 11.0. The van der Waals surface area contributed by atoms with Crippen molar-refractivity contribution in [3.8, 4) is 5.75 Å². The maximum Gasteiger partial charge on any atom is 0.330 e. The van der Waals surface area contributed by atoms with Gasteiger partial charge in [0.1, 0.15) is 24.2 Å². The molecule has 1 unspecified atom stereocenters. The number of carbonyl (C=O) groups is 2. The van der Waals surface area contributed by atoms with E-state index in [0.717, 1.165) is 27.6 Å². The Morgan fingerprint density at radius 2 is 1.74 bits per heavy atom. The zero-order chi connectivity index (χ0) is 25.9. The highest BCUT2D eigenvalue weighted by atomic mass is 32.1. The largest absolute Gasteiger partial charge is 0.489 e.